The molecule has 2 saturated carbocycles. The summed E-state index contributed by atoms with van der Waals surface area (Å²) in [4.78, 5) is 0. The average Bonchev–Trinajstić information content (AvgIpc) is 2.77. The average molecular weight is 392 g/mol. The Kier molecular flexibility index (Phi) is 8.29. The molecule has 0 atom stereocenters. The van der Waals surface area contributed by atoms with Crippen molar-refractivity contribution in [2.24, 2.45) is 17.8 Å². The van der Waals surface area contributed by atoms with Crippen LogP contribution in [0, 0.1) is 34.9 Å². The quantitative estimate of drug-likeness (QED) is 0.263. The number of rotatable bonds is 7. The summed E-state index contributed by atoms with van der Waals surface area (Å²) in [6, 6.07) is 9.13. The lowest BCUT2D eigenvalue weighted by atomic mass is 9.69. The SMILES string of the molecule is C=C(C1CCC(CC/C=C/C=C/C#N)CC1)C1CCC(c2ccc(F)cc2)CC1. The van der Waals surface area contributed by atoms with Gasteiger partial charge in [-0.15, -0.1) is 0 Å². The van der Waals surface area contributed by atoms with Crippen molar-refractivity contribution in [3.63, 3.8) is 0 Å². The first kappa shape index (κ1) is 21.6. The predicted molar refractivity (Wildman–Crippen MR) is 119 cm³/mol. The fourth-order valence-electron chi connectivity index (χ4n) is 5.29. The van der Waals surface area contributed by atoms with Gasteiger partial charge in [-0.05, 0) is 106 Å². The molecular weight excluding hydrogens is 357 g/mol. The van der Waals surface area contributed by atoms with E-state index in [1.807, 2.05) is 30.4 Å². The van der Waals surface area contributed by atoms with E-state index in [2.05, 4.69) is 12.7 Å². The van der Waals surface area contributed by atoms with Crippen molar-refractivity contribution in [2.75, 3.05) is 0 Å². The van der Waals surface area contributed by atoms with Crippen molar-refractivity contribution in [3.05, 3.63) is 72.1 Å². The minimum absolute atomic E-state index is 0.140. The minimum atomic E-state index is -0.140. The molecule has 0 heterocycles. The van der Waals surface area contributed by atoms with Crippen molar-refractivity contribution >= 4 is 0 Å². The third-order valence-corrected chi connectivity index (χ3v) is 7.12. The molecule has 0 bridgehead atoms. The second kappa shape index (κ2) is 11.1. The van der Waals surface area contributed by atoms with Crippen LogP contribution in [-0.2, 0) is 0 Å². The fourth-order valence-corrected chi connectivity index (χ4v) is 5.29. The molecular formula is C27H34FN. The lowest BCUT2D eigenvalue weighted by Gasteiger charge is -2.36. The number of allylic oxidation sites excluding steroid dienone is 5. The number of nitrogens with zero attached hydrogens (tertiary/aromatic N) is 1. The van der Waals surface area contributed by atoms with Crippen LogP contribution >= 0.6 is 0 Å². The molecule has 0 amide bonds. The monoisotopic (exact) mass is 391 g/mol. The van der Waals surface area contributed by atoms with Crippen LogP contribution in [0.2, 0.25) is 0 Å². The molecule has 0 N–H and O–H groups in total. The van der Waals surface area contributed by atoms with Crippen LogP contribution in [0.4, 0.5) is 4.39 Å². The molecule has 0 radical (unpaired) electrons. The largest absolute Gasteiger partial charge is 0.207 e. The van der Waals surface area contributed by atoms with Crippen molar-refractivity contribution < 1.29 is 4.39 Å². The molecule has 0 aromatic heterocycles. The van der Waals surface area contributed by atoms with Crippen LogP contribution < -0.4 is 0 Å². The summed E-state index contributed by atoms with van der Waals surface area (Å²) in [5, 5.41) is 8.47. The molecule has 2 fully saturated rings. The molecule has 2 aliphatic rings. The van der Waals surface area contributed by atoms with E-state index in [1.54, 1.807) is 12.1 Å². The summed E-state index contributed by atoms with van der Waals surface area (Å²) < 4.78 is 13.2. The fraction of sp³-hybridized carbons (Fsp3) is 0.519. The second-order valence-corrected chi connectivity index (χ2v) is 8.89. The lowest BCUT2D eigenvalue weighted by molar-refractivity contribution is 0.260. The number of benzene rings is 1. The molecule has 0 aliphatic heterocycles. The smallest absolute Gasteiger partial charge is 0.123 e. The Labute approximate surface area is 176 Å². The zero-order valence-corrected chi connectivity index (χ0v) is 17.5. The first-order valence-electron chi connectivity index (χ1n) is 11.3. The van der Waals surface area contributed by atoms with E-state index >= 15 is 0 Å². The third kappa shape index (κ3) is 6.43. The molecule has 1 aromatic rings. The summed E-state index contributed by atoms with van der Waals surface area (Å²) >= 11 is 0. The first-order chi connectivity index (χ1) is 14.2. The van der Waals surface area contributed by atoms with E-state index in [0.29, 0.717) is 17.8 Å². The van der Waals surface area contributed by atoms with Crippen LogP contribution in [0.15, 0.2) is 60.7 Å². The molecule has 2 heteroatoms. The molecule has 29 heavy (non-hydrogen) atoms. The minimum Gasteiger partial charge on any atom is -0.207 e. The summed E-state index contributed by atoms with van der Waals surface area (Å²) in [6.07, 6.45) is 20.0. The zero-order chi connectivity index (χ0) is 20.5. The predicted octanol–water partition coefficient (Wildman–Crippen LogP) is 7.88. The number of halogens is 1. The van der Waals surface area contributed by atoms with Gasteiger partial charge in [-0.3, -0.25) is 0 Å². The zero-order valence-electron chi connectivity index (χ0n) is 17.5. The Morgan fingerprint density at radius 3 is 2.21 bits per heavy atom. The number of nitriles is 1. The van der Waals surface area contributed by atoms with Gasteiger partial charge in [0.2, 0.25) is 0 Å². The van der Waals surface area contributed by atoms with Crippen LogP contribution in [0.25, 0.3) is 0 Å². The van der Waals surface area contributed by atoms with E-state index in [0.717, 1.165) is 12.3 Å². The summed E-state index contributed by atoms with van der Waals surface area (Å²) in [5.74, 6) is 2.69. The molecule has 0 spiro atoms. The van der Waals surface area contributed by atoms with Gasteiger partial charge >= 0.3 is 0 Å². The Morgan fingerprint density at radius 1 is 0.966 bits per heavy atom. The highest BCUT2D eigenvalue weighted by Crippen LogP contribution is 2.44. The van der Waals surface area contributed by atoms with Gasteiger partial charge in [-0.1, -0.05) is 42.5 Å². The first-order valence-corrected chi connectivity index (χ1v) is 11.3. The normalized spacial score (nSPS) is 27.9. The summed E-state index contributed by atoms with van der Waals surface area (Å²) in [6.45, 7) is 4.55. The van der Waals surface area contributed by atoms with E-state index in [4.69, 9.17) is 5.26 Å². The number of hydrogen-bond donors (Lipinski definition) is 0. The van der Waals surface area contributed by atoms with Crippen LogP contribution in [0.3, 0.4) is 0 Å². The van der Waals surface area contributed by atoms with Crippen molar-refractivity contribution in [3.8, 4) is 6.07 Å². The molecule has 3 rings (SSSR count). The molecule has 0 unspecified atom stereocenters. The van der Waals surface area contributed by atoms with Crippen molar-refractivity contribution in [1.82, 2.24) is 0 Å². The van der Waals surface area contributed by atoms with Gasteiger partial charge in [-0.25, -0.2) is 4.39 Å². The molecule has 2 aliphatic carbocycles. The van der Waals surface area contributed by atoms with Gasteiger partial charge in [0.15, 0.2) is 0 Å². The maximum absolute atomic E-state index is 13.2. The van der Waals surface area contributed by atoms with Gasteiger partial charge in [0.25, 0.3) is 0 Å². The molecule has 0 saturated heterocycles. The Hall–Kier alpha value is -2.14. The van der Waals surface area contributed by atoms with E-state index < -0.39 is 0 Å². The maximum Gasteiger partial charge on any atom is 0.123 e. The van der Waals surface area contributed by atoms with Crippen LogP contribution in [0.1, 0.15) is 75.7 Å². The molecule has 1 aromatic carbocycles. The Morgan fingerprint density at radius 2 is 1.59 bits per heavy atom. The standard InChI is InChI=1S/C27H34FN/c1-21(23-10-8-22(9-11-23)7-5-3-2-4-6-20-29)24-12-14-25(15-13-24)26-16-18-27(28)19-17-26/h2-4,6,16-19,22-25H,1,5,7-15H2/b3-2+,6-4+. The van der Waals surface area contributed by atoms with Crippen molar-refractivity contribution in [1.29, 1.82) is 5.26 Å². The van der Waals surface area contributed by atoms with Crippen LogP contribution in [-0.4, -0.2) is 0 Å². The topological polar surface area (TPSA) is 23.8 Å². The highest BCUT2D eigenvalue weighted by molar-refractivity contribution is 5.22. The van der Waals surface area contributed by atoms with Gasteiger partial charge in [0.05, 0.1) is 6.07 Å². The summed E-state index contributed by atoms with van der Waals surface area (Å²) in [5.41, 5.74) is 2.82. The molecule has 154 valence electrons. The maximum atomic E-state index is 13.2. The second-order valence-electron chi connectivity index (χ2n) is 8.89. The Balaban J connectivity index is 1.38. The highest BCUT2D eigenvalue weighted by atomic mass is 19.1. The van der Waals surface area contributed by atoms with Crippen LogP contribution in [0.5, 0.6) is 0 Å². The number of hydrogen-bond acceptors (Lipinski definition) is 1. The summed E-state index contributed by atoms with van der Waals surface area (Å²) in [7, 11) is 0. The Bertz CT molecular complexity index is 736. The van der Waals surface area contributed by atoms with E-state index in [-0.39, 0.29) is 5.82 Å². The lowest BCUT2D eigenvalue weighted by Crippen LogP contribution is -2.22. The third-order valence-electron chi connectivity index (χ3n) is 7.12. The van der Waals surface area contributed by atoms with E-state index in [9.17, 15) is 4.39 Å². The molecule has 1 nitrogen and oxygen atoms in total. The van der Waals surface area contributed by atoms with Gasteiger partial charge in [0, 0.05) is 6.08 Å². The van der Waals surface area contributed by atoms with E-state index in [1.165, 1.54) is 75.0 Å². The van der Waals surface area contributed by atoms with Crippen molar-refractivity contribution in [2.45, 2.75) is 70.1 Å². The van der Waals surface area contributed by atoms with Gasteiger partial charge < -0.3 is 0 Å². The van der Waals surface area contributed by atoms with Gasteiger partial charge in [-0.2, -0.15) is 5.26 Å². The van der Waals surface area contributed by atoms with Gasteiger partial charge in [0.1, 0.15) is 5.82 Å². The highest BCUT2D eigenvalue weighted by Gasteiger charge is 2.29.